The summed E-state index contributed by atoms with van der Waals surface area (Å²) in [5, 5.41) is 5.04. The maximum Gasteiger partial charge on any atom is 0.0694 e. The molecule has 2 N–H and O–H groups in total. The summed E-state index contributed by atoms with van der Waals surface area (Å²) in [5.41, 5.74) is 9.77. The predicted octanol–water partition coefficient (Wildman–Crippen LogP) is 3.83. The molecule has 0 unspecified atom stereocenters. The lowest BCUT2D eigenvalue weighted by molar-refractivity contribution is 0.688. The number of halogens is 1. The van der Waals surface area contributed by atoms with Gasteiger partial charge in [0, 0.05) is 28.0 Å². The minimum absolute atomic E-state index is 0.568. The lowest BCUT2D eigenvalue weighted by Crippen LogP contribution is -2.04. The monoisotopic (exact) mass is 283 g/mol. The molecule has 3 aromatic rings. The number of nitrogen functional groups attached to an aromatic ring is 1. The third-order valence-corrected chi connectivity index (χ3v) is 3.57. The number of nitrogens with zero attached hydrogens (tertiary/aromatic N) is 2. The Morgan fingerprint density at radius 2 is 1.80 bits per heavy atom. The number of benzene rings is 2. The Morgan fingerprint density at radius 1 is 1.00 bits per heavy atom. The third-order valence-electron chi connectivity index (χ3n) is 3.22. The molecule has 0 spiro atoms. The Hall–Kier alpha value is -2.26. The molecule has 0 aliphatic rings. The van der Waals surface area contributed by atoms with Gasteiger partial charge in [-0.2, -0.15) is 5.10 Å². The van der Waals surface area contributed by atoms with E-state index in [1.54, 1.807) is 0 Å². The summed E-state index contributed by atoms with van der Waals surface area (Å²) in [4.78, 5) is 0. The van der Waals surface area contributed by atoms with Crippen LogP contribution in [0.2, 0.25) is 5.02 Å². The molecular weight excluding hydrogens is 270 g/mol. The van der Waals surface area contributed by atoms with Crippen LogP contribution in [0.15, 0.2) is 60.9 Å². The van der Waals surface area contributed by atoms with Crippen molar-refractivity contribution in [1.29, 1.82) is 0 Å². The molecule has 1 heterocycles. The molecule has 0 saturated carbocycles. The molecule has 0 amide bonds. The van der Waals surface area contributed by atoms with Crippen molar-refractivity contribution in [2.75, 3.05) is 5.73 Å². The van der Waals surface area contributed by atoms with Crippen LogP contribution in [-0.2, 0) is 6.54 Å². The van der Waals surface area contributed by atoms with E-state index in [2.05, 4.69) is 17.2 Å². The zero-order valence-corrected chi connectivity index (χ0v) is 11.6. The number of hydrogen-bond acceptors (Lipinski definition) is 2. The smallest absolute Gasteiger partial charge is 0.0694 e. The maximum atomic E-state index is 6.18. The first-order chi connectivity index (χ1) is 9.74. The molecule has 0 fully saturated rings. The van der Waals surface area contributed by atoms with Gasteiger partial charge < -0.3 is 5.73 Å². The van der Waals surface area contributed by atoms with E-state index in [4.69, 9.17) is 17.3 Å². The molecule has 0 aliphatic carbocycles. The van der Waals surface area contributed by atoms with E-state index in [-0.39, 0.29) is 0 Å². The van der Waals surface area contributed by atoms with Gasteiger partial charge in [0.2, 0.25) is 0 Å². The summed E-state index contributed by atoms with van der Waals surface area (Å²) in [6, 6.07) is 15.7. The topological polar surface area (TPSA) is 43.8 Å². The molecule has 1 aromatic heterocycles. The molecule has 0 saturated heterocycles. The van der Waals surface area contributed by atoms with Gasteiger partial charge in [-0.15, -0.1) is 0 Å². The Kier molecular flexibility index (Phi) is 3.44. The highest BCUT2D eigenvalue weighted by atomic mass is 35.5. The van der Waals surface area contributed by atoms with Crippen molar-refractivity contribution in [3.05, 3.63) is 71.5 Å². The van der Waals surface area contributed by atoms with Crippen molar-refractivity contribution in [2.24, 2.45) is 0 Å². The van der Waals surface area contributed by atoms with Crippen LogP contribution in [0.3, 0.4) is 0 Å². The molecule has 100 valence electrons. The summed E-state index contributed by atoms with van der Waals surface area (Å²) in [7, 11) is 0. The second kappa shape index (κ2) is 5.39. The molecule has 3 rings (SSSR count). The van der Waals surface area contributed by atoms with Gasteiger partial charge >= 0.3 is 0 Å². The minimum Gasteiger partial charge on any atom is -0.398 e. The largest absolute Gasteiger partial charge is 0.398 e. The van der Waals surface area contributed by atoms with E-state index < -0.39 is 0 Å². The summed E-state index contributed by atoms with van der Waals surface area (Å²) >= 11 is 6.18. The summed E-state index contributed by atoms with van der Waals surface area (Å²) in [5.74, 6) is 0. The molecule has 0 radical (unpaired) electrons. The Bertz CT molecular complexity index is 699. The second-order valence-corrected chi connectivity index (χ2v) is 5.01. The van der Waals surface area contributed by atoms with Crippen LogP contribution >= 0.6 is 11.6 Å². The van der Waals surface area contributed by atoms with Gasteiger partial charge in [-0.25, -0.2) is 0 Å². The average Bonchev–Trinajstić information content (AvgIpc) is 2.93. The van der Waals surface area contributed by atoms with Gasteiger partial charge in [0.25, 0.3) is 0 Å². The maximum absolute atomic E-state index is 6.18. The van der Waals surface area contributed by atoms with Gasteiger partial charge in [-0.1, -0.05) is 48.0 Å². The van der Waals surface area contributed by atoms with Crippen molar-refractivity contribution >= 4 is 17.3 Å². The standard InChI is InChI=1S/C16H14ClN3/c17-15-7-4-8-16(18)14(15)11-20-10-13(9-19-20)12-5-2-1-3-6-12/h1-10H,11,18H2. The first-order valence-electron chi connectivity index (χ1n) is 6.35. The molecule has 0 atom stereocenters. The van der Waals surface area contributed by atoms with Crippen LogP contribution in [0.25, 0.3) is 11.1 Å². The molecule has 4 heteroatoms. The summed E-state index contributed by atoms with van der Waals surface area (Å²) in [6.45, 7) is 0.568. The molecular formula is C16H14ClN3. The number of aromatic nitrogens is 2. The van der Waals surface area contributed by atoms with Crippen molar-refractivity contribution in [3.63, 3.8) is 0 Å². The van der Waals surface area contributed by atoms with Gasteiger partial charge in [0.05, 0.1) is 12.7 Å². The van der Waals surface area contributed by atoms with E-state index in [0.717, 1.165) is 16.7 Å². The van der Waals surface area contributed by atoms with E-state index >= 15 is 0 Å². The van der Waals surface area contributed by atoms with Crippen molar-refractivity contribution < 1.29 is 0 Å². The van der Waals surface area contributed by atoms with Crippen LogP contribution in [0.5, 0.6) is 0 Å². The fraction of sp³-hybridized carbons (Fsp3) is 0.0625. The first-order valence-corrected chi connectivity index (χ1v) is 6.72. The Labute approximate surface area is 122 Å². The van der Waals surface area contributed by atoms with E-state index in [9.17, 15) is 0 Å². The fourth-order valence-corrected chi connectivity index (χ4v) is 2.38. The SMILES string of the molecule is Nc1cccc(Cl)c1Cn1cc(-c2ccccc2)cn1. The van der Waals surface area contributed by atoms with Crippen molar-refractivity contribution in [3.8, 4) is 11.1 Å². The van der Waals surface area contributed by atoms with E-state index in [1.165, 1.54) is 0 Å². The zero-order chi connectivity index (χ0) is 13.9. The average molecular weight is 284 g/mol. The van der Waals surface area contributed by atoms with Gasteiger partial charge in [0.1, 0.15) is 0 Å². The highest BCUT2D eigenvalue weighted by molar-refractivity contribution is 6.31. The number of nitrogens with two attached hydrogens (primary N) is 1. The predicted molar refractivity (Wildman–Crippen MR) is 82.6 cm³/mol. The minimum atomic E-state index is 0.568. The molecule has 3 nitrogen and oxygen atoms in total. The van der Waals surface area contributed by atoms with Crippen molar-refractivity contribution in [1.82, 2.24) is 9.78 Å². The van der Waals surface area contributed by atoms with E-state index in [0.29, 0.717) is 17.3 Å². The van der Waals surface area contributed by atoms with Crippen LogP contribution in [0.1, 0.15) is 5.56 Å². The van der Waals surface area contributed by atoms with Crippen LogP contribution < -0.4 is 5.73 Å². The Morgan fingerprint density at radius 3 is 2.55 bits per heavy atom. The van der Waals surface area contributed by atoms with Gasteiger partial charge in [-0.05, 0) is 17.7 Å². The highest BCUT2D eigenvalue weighted by Gasteiger charge is 2.07. The van der Waals surface area contributed by atoms with Gasteiger partial charge in [-0.3, -0.25) is 4.68 Å². The molecule has 0 aliphatic heterocycles. The molecule has 20 heavy (non-hydrogen) atoms. The fourth-order valence-electron chi connectivity index (χ4n) is 2.13. The lowest BCUT2D eigenvalue weighted by Gasteiger charge is -2.07. The van der Waals surface area contributed by atoms with E-state index in [1.807, 2.05) is 53.5 Å². The molecule has 2 aromatic carbocycles. The van der Waals surface area contributed by atoms with Crippen LogP contribution in [0, 0.1) is 0 Å². The van der Waals surface area contributed by atoms with Crippen LogP contribution in [-0.4, -0.2) is 9.78 Å². The van der Waals surface area contributed by atoms with Crippen LogP contribution in [0.4, 0.5) is 5.69 Å². The Balaban J connectivity index is 1.88. The third kappa shape index (κ3) is 2.53. The molecule has 0 bridgehead atoms. The second-order valence-electron chi connectivity index (χ2n) is 4.60. The lowest BCUT2D eigenvalue weighted by atomic mass is 10.1. The summed E-state index contributed by atoms with van der Waals surface area (Å²) < 4.78 is 1.85. The highest BCUT2D eigenvalue weighted by Crippen LogP contribution is 2.24. The van der Waals surface area contributed by atoms with Crippen molar-refractivity contribution in [2.45, 2.75) is 6.54 Å². The normalized spacial score (nSPS) is 10.7. The summed E-state index contributed by atoms with van der Waals surface area (Å²) in [6.07, 6.45) is 3.85. The van der Waals surface area contributed by atoms with Gasteiger partial charge in [0.15, 0.2) is 0 Å². The number of anilines is 1. The first kappa shape index (κ1) is 12.8. The number of rotatable bonds is 3. The number of hydrogen-bond donors (Lipinski definition) is 1. The quantitative estimate of drug-likeness (QED) is 0.742. The zero-order valence-electron chi connectivity index (χ0n) is 10.8.